The van der Waals surface area contributed by atoms with E-state index in [0.29, 0.717) is 43.2 Å². The largest absolute Gasteiger partial charge is 0.481 e. The Bertz CT molecular complexity index is 1600. The van der Waals surface area contributed by atoms with E-state index in [1.54, 1.807) is 6.07 Å². The van der Waals surface area contributed by atoms with Gasteiger partial charge in [0, 0.05) is 24.0 Å². The average molecular weight is 558 g/mol. The molecular formula is C26H28FN5O6S. The highest BCUT2D eigenvalue weighted by atomic mass is 32.2. The number of aromatic nitrogens is 3. The number of pyridine rings is 1. The summed E-state index contributed by atoms with van der Waals surface area (Å²) in [6.45, 7) is 0. The topological polar surface area (TPSA) is 153 Å². The first kappa shape index (κ1) is 25.7. The number of nitrogens with one attached hydrogen (secondary N) is 2. The van der Waals surface area contributed by atoms with Crippen LogP contribution in [-0.2, 0) is 14.8 Å². The van der Waals surface area contributed by atoms with Gasteiger partial charge in [-0.25, -0.2) is 22.5 Å². The number of anilines is 1. The van der Waals surface area contributed by atoms with Crippen LogP contribution in [0.3, 0.4) is 0 Å². The van der Waals surface area contributed by atoms with Crippen molar-refractivity contribution in [3.63, 3.8) is 0 Å². The molecule has 2 aromatic heterocycles. The maximum Gasteiger partial charge on any atom is 0.319 e. The molecule has 0 amide bonds. The van der Waals surface area contributed by atoms with Gasteiger partial charge >= 0.3 is 12.0 Å². The van der Waals surface area contributed by atoms with E-state index in [4.69, 9.17) is 9.47 Å². The van der Waals surface area contributed by atoms with Gasteiger partial charge in [-0.1, -0.05) is 0 Å². The molecular weight excluding hydrogens is 529 g/mol. The van der Waals surface area contributed by atoms with Crippen molar-refractivity contribution in [3.8, 4) is 23.0 Å². The molecule has 11 nitrogen and oxygen atoms in total. The van der Waals surface area contributed by atoms with Crippen LogP contribution in [0.15, 0.2) is 29.4 Å². The minimum atomic E-state index is -4.02. The lowest BCUT2D eigenvalue weighted by molar-refractivity contribution is -0.148. The normalized spacial score (nSPS) is 24.2. The van der Waals surface area contributed by atoms with E-state index < -0.39 is 32.8 Å². The van der Waals surface area contributed by atoms with Crippen LogP contribution in [0.25, 0.3) is 22.0 Å². The molecule has 0 radical (unpaired) electrons. The number of halogens is 1. The zero-order chi connectivity index (χ0) is 27.6. The molecule has 3 aromatic rings. The minimum Gasteiger partial charge on any atom is -0.481 e. The first-order valence-corrected chi connectivity index (χ1v) is 14.2. The monoisotopic (exact) mass is 557 g/mol. The highest BCUT2D eigenvalue weighted by Gasteiger charge is 2.58. The predicted molar refractivity (Wildman–Crippen MR) is 139 cm³/mol. The Hall–Kier alpha value is -3.58. The van der Waals surface area contributed by atoms with Crippen LogP contribution < -0.4 is 19.5 Å². The summed E-state index contributed by atoms with van der Waals surface area (Å²) in [4.78, 5) is 24.5. The standard InChI is InChI=1S/C26H28FN5O6S/c1-37-22-16(11-29-24(30-22)38-2)14-9-17(27)20-18(10-14)28-12-19(39(35,36)32-15-3-4-15)21(20)31-26-7-5-25(13-26,6-8-26)23(33)34/h9-12,15,32H,3-8,13H2,1-2H3,(H,28,31)(H,33,34). The predicted octanol–water partition coefficient (Wildman–Crippen LogP) is 3.49. The quantitative estimate of drug-likeness (QED) is 0.356. The van der Waals surface area contributed by atoms with Gasteiger partial charge in [-0.05, 0) is 62.6 Å². The third-order valence-electron chi connectivity index (χ3n) is 8.18. The number of benzene rings is 1. The second-order valence-electron chi connectivity index (χ2n) is 10.7. The molecule has 3 saturated carbocycles. The highest BCUT2D eigenvalue weighted by molar-refractivity contribution is 7.89. The highest BCUT2D eigenvalue weighted by Crippen LogP contribution is 2.58. The van der Waals surface area contributed by atoms with Gasteiger partial charge < -0.3 is 19.9 Å². The lowest BCUT2D eigenvalue weighted by Crippen LogP contribution is -2.35. The molecule has 3 aliphatic carbocycles. The van der Waals surface area contributed by atoms with E-state index in [0.717, 1.165) is 12.8 Å². The van der Waals surface area contributed by atoms with Gasteiger partial charge in [-0.2, -0.15) is 4.98 Å². The summed E-state index contributed by atoms with van der Waals surface area (Å²) in [5.41, 5.74) is -0.411. The number of ether oxygens (including phenoxy) is 2. The Labute approximate surface area is 224 Å². The number of hydrogen-bond donors (Lipinski definition) is 3. The molecule has 0 atom stereocenters. The van der Waals surface area contributed by atoms with Gasteiger partial charge in [0.2, 0.25) is 15.9 Å². The minimum absolute atomic E-state index is 0.0138. The number of fused-ring (bicyclic) bond motifs is 3. The summed E-state index contributed by atoms with van der Waals surface area (Å²) < 4.78 is 55.9. The molecule has 39 heavy (non-hydrogen) atoms. The average Bonchev–Trinajstić information content (AvgIpc) is 3.52. The first-order chi connectivity index (χ1) is 18.6. The number of hydrogen-bond acceptors (Lipinski definition) is 9. The SMILES string of the molecule is COc1ncc(-c2cc(F)c3c(NC45CCC(C(=O)O)(CC4)C5)c(S(=O)(=O)NC4CC4)cnc3c2)c(OC)n1. The summed E-state index contributed by atoms with van der Waals surface area (Å²) in [6, 6.07) is 2.80. The van der Waals surface area contributed by atoms with Crippen LogP contribution in [0.2, 0.25) is 0 Å². The van der Waals surface area contributed by atoms with Gasteiger partial charge in [0.05, 0.1) is 41.8 Å². The zero-order valence-corrected chi connectivity index (χ0v) is 22.3. The van der Waals surface area contributed by atoms with Crippen LogP contribution in [0.4, 0.5) is 10.1 Å². The summed E-state index contributed by atoms with van der Waals surface area (Å²) in [6.07, 6.45) is 6.52. The maximum absolute atomic E-state index is 16.0. The third kappa shape index (κ3) is 4.33. The first-order valence-electron chi connectivity index (χ1n) is 12.7. The van der Waals surface area contributed by atoms with Gasteiger partial charge in [0.15, 0.2) is 0 Å². The van der Waals surface area contributed by atoms with E-state index in [2.05, 4.69) is 25.0 Å². The number of methoxy groups -OCH3 is 2. The van der Waals surface area contributed by atoms with Crippen molar-refractivity contribution in [1.82, 2.24) is 19.7 Å². The van der Waals surface area contributed by atoms with Crippen molar-refractivity contribution in [3.05, 3.63) is 30.3 Å². The fraction of sp³-hybridized carbons (Fsp3) is 0.462. The number of carboxylic acids is 1. The van der Waals surface area contributed by atoms with E-state index in [1.165, 1.54) is 32.7 Å². The third-order valence-corrected chi connectivity index (χ3v) is 9.71. The van der Waals surface area contributed by atoms with Crippen LogP contribution in [-0.4, -0.2) is 60.2 Å². The summed E-state index contributed by atoms with van der Waals surface area (Å²) >= 11 is 0. The zero-order valence-electron chi connectivity index (χ0n) is 21.5. The molecule has 0 spiro atoms. The maximum atomic E-state index is 16.0. The van der Waals surface area contributed by atoms with E-state index >= 15 is 4.39 Å². The molecule has 2 bridgehead atoms. The molecule has 3 aliphatic rings. The Morgan fingerprint density at radius 1 is 1.10 bits per heavy atom. The number of carbonyl (C=O) groups is 1. The van der Waals surface area contributed by atoms with Crippen molar-refractivity contribution < 1.29 is 32.2 Å². The Balaban J connectivity index is 1.50. The van der Waals surface area contributed by atoms with Crippen LogP contribution in [0.1, 0.15) is 44.9 Å². The fourth-order valence-electron chi connectivity index (χ4n) is 5.96. The Kier molecular flexibility index (Phi) is 5.92. The molecule has 6 rings (SSSR count). The Morgan fingerprint density at radius 3 is 2.46 bits per heavy atom. The fourth-order valence-corrected chi connectivity index (χ4v) is 7.37. The Morgan fingerprint density at radius 2 is 1.85 bits per heavy atom. The molecule has 3 N–H and O–H groups in total. The van der Waals surface area contributed by atoms with E-state index in [-0.39, 0.29) is 39.4 Å². The summed E-state index contributed by atoms with van der Waals surface area (Å²) in [7, 11) is -1.18. The van der Waals surface area contributed by atoms with Crippen LogP contribution in [0, 0.1) is 11.2 Å². The van der Waals surface area contributed by atoms with Gasteiger partial charge in [0.1, 0.15) is 10.7 Å². The molecule has 13 heteroatoms. The molecule has 0 saturated heterocycles. The van der Waals surface area contributed by atoms with Crippen molar-refractivity contribution in [1.29, 1.82) is 0 Å². The van der Waals surface area contributed by atoms with Gasteiger partial charge in [0.25, 0.3) is 0 Å². The second kappa shape index (κ2) is 8.98. The smallest absolute Gasteiger partial charge is 0.319 e. The molecule has 1 aromatic carbocycles. The number of sulfonamides is 1. The lowest BCUT2D eigenvalue weighted by Gasteiger charge is -2.31. The molecule has 0 unspecified atom stereocenters. The molecule has 206 valence electrons. The van der Waals surface area contributed by atoms with Crippen molar-refractivity contribution >= 4 is 32.6 Å². The molecule has 3 fully saturated rings. The number of nitrogens with zero attached hydrogens (tertiary/aromatic N) is 3. The van der Waals surface area contributed by atoms with Crippen LogP contribution >= 0.6 is 0 Å². The summed E-state index contributed by atoms with van der Waals surface area (Å²) in [5.74, 6) is -1.37. The van der Waals surface area contributed by atoms with Crippen molar-refractivity contribution in [2.24, 2.45) is 5.41 Å². The van der Waals surface area contributed by atoms with E-state index in [1.807, 2.05) is 0 Å². The van der Waals surface area contributed by atoms with Crippen molar-refractivity contribution in [2.75, 3.05) is 19.5 Å². The van der Waals surface area contributed by atoms with Crippen molar-refractivity contribution in [2.45, 2.75) is 61.4 Å². The number of aliphatic carboxylic acids is 1. The number of rotatable bonds is 9. The second-order valence-corrected chi connectivity index (χ2v) is 12.4. The van der Waals surface area contributed by atoms with Gasteiger partial charge in [-0.3, -0.25) is 9.78 Å². The molecule has 0 aliphatic heterocycles. The van der Waals surface area contributed by atoms with Gasteiger partial charge in [-0.15, -0.1) is 0 Å². The van der Waals surface area contributed by atoms with Crippen LogP contribution in [0.5, 0.6) is 11.9 Å². The van der Waals surface area contributed by atoms with E-state index in [9.17, 15) is 18.3 Å². The summed E-state index contributed by atoms with van der Waals surface area (Å²) in [5, 5.41) is 13.2. The lowest BCUT2D eigenvalue weighted by atomic mass is 9.84. The molecule has 2 heterocycles. The number of carboxylic acid groups (broad SMARTS) is 1.